The zero-order valence-corrected chi connectivity index (χ0v) is 10.9. The third-order valence-electron chi connectivity index (χ3n) is 2.22. The molecule has 6 nitrogen and oxygen atoms in total. The van der Waals surface area contributed by atoms with Crippen molar-refractivity contribution in [2.45, 2.75) is 6.92 Å². The third-order valence-corrected chi connectivity index (χ3v) is 2.88. The third kappa shape index (κ3) is 2.55. The van der Waals surface area contributed by atoms with Crippen molar-refractivity contribution in [2.24, 2.45) is 5.10 Å². The quantitative estimate of drug-likeness (QED) is 0.514. The zero-order chi connectivity index (χ0) is 13.1. The lowest BCUT2D eigenvalue weighted by molar-refractivity contribution is 0.926. The second kappa shape index (κ2) is 5.24. The first kappa shape index (κ1) is 12.7. The van der Waals surface area contributed by atoms with Crippen LogP contribution in [0.25, 0.3) is 0 Å². The van der Waals surface area contributed by atoms with Crippen LogP contribution in [0, 0.1) is 6.92 Å². The highest BCUT2D eigenvalue weighted by atomic mass is 35.5. The Morgan fingerprint density at radius 1 is 1.33 bits per heavy atom. The maximum Gasteiger partial charge on any atom is 0.263 e. The predicted octanol–water partition coefficient (Wildman–Crippen LogP) is 2.05. The van der Waals surface area contributed by atoms with E-state index in [9.17, 15) is 0 Å². The van der Waals surface area contributed by atoms with Gasteiger partial charge in [0.25, 0.3) is 5.95 Å². The number of hydrazone groups is 1. The maximum atomic E-state index is 5.99. The molecule has 3 N–H and O–H groups in total. The van der Waals surface area contributed by atoms with E-state index in [1.165, 1.54) is 10.9 Å². The normalized spacial score (nSPS) is 11.1. The van der Waals surface area contributed by atoms with Crippen LogP contribution in [-0.4, -0.2) is 21.1 Å². The molecule has 2 aromatic rings. The molecular formula is C10H10Cl2N6. The van der Waals surface area contributed by atoms with E-state index in [4.69, 9.17) is 29.0 Å². The van der Waals surface area contributed by atoms with Gasteiger partial charge in [0.15, 0.2) is 5.82 Å². The maximum absolute atomic E-state index is 5.99. The lowest BCUT2D eigenvalue weighted by atomic mass is 10.2. The molecule has 0 aliphatic rings. The molecule has 0 unspecified atom stereocenters. The number of aromatic nitrogens is 3. The van der Waals surface area contributed by atoms with Gasteiger partial charge in [-0.3, -0.25) is 0 Å². The lowest BCUT2D eigenvalue weighted by Gasteiger charge is -2.01. The molecule has 0 atom stereocenters. The van der Waals surface area contributed by atoms with Crippen molar-refractivity contribution >= 4 is 35.4 Å². The number of hydrogen-bond donors (Lipinski definition) is 2. The van der Waals surface area contributed by atoms with Crippen molar-refractivity contribution in [1.82, 2.24) is 14.9 Å². The van der Waals surface area contributed by atoms with E-state index in [2.05, 4.69) is 20.7 Å². The number of benzene rings is 1. The number of nitrogens with one attached hydrogen (secondary N) is 1. The van der Waals surface area contributed by atoms with Gasteiger partial charge >= 0.3 is 0 Å². The molecule has 0 amide bonds. The summed E-state index contributed by atoms with van der Waals surface area (Å²) in [5.41, 5.74) is 3.27. The largest absolute Gasteiger partial charge is 0.335 e. The number of halogens is 2. The molecule has 18 heavy (non-hydrogen) atoms. The number of hydrogen-bond acceptors (Lipinski definition) is 5. The van der Waals surface area contributed by atoms with Gasteiger partial charge in [-0.15, -0.1) is 10.2 Å². The van der Waals surface area contributed by atoms with E-state index in [1.807, 2.05) is 0 Å². The van der Waals surface area contributed by atoms with Crippen LogP contribution in [0.5, 0.6) is 0 Å². The number of nitrogens with two attached hydrogens (primary N) is 1. The smallest absolute Gasteiger partial charge is 0.263 e. The van der Waals surface area contributed by atoms with Gasteiger partial charge in [-0.25, -0.2) is 10.1 Å². The first-order chi connectivity index (χ1) is 8.59. The predicted molar refractivity (Wildman–Crippen MR) is 72.6 cm³/mol. The summed E-state index contributed by atoms with van der Waals surface area (Å²) in [6, 6.07) is 5.21. The van der Waals surface area contributed by atoms with Gasteiger partial charge in [0, 0.05) is 5.56 Å². The Labute approximate surface area is 113 Å². The van der Waals surface area contributed by atoms with Crippen molar-refractivity contribution in [2.75, 3.05) is 11.3 Å². The average molecular weight is 285 g/mol. The minimum Gasteiger partial charge on any atom is -0.335 e. The summed E-state index contributed by atoms with van der Waals surface area (Å²) >= 11 is 12.0. The molecular weight excluding hydrogens is 275 g/mol. The minimum atomic E-state index is 0.326. The Morgan fingerprint density at radius 2 is 2.00 bits per heavy atom. The summed E-state index contributed by atoms with van der Waals surface area (Å²) in [6.07, 6.45) is 1.49. The molecule has 1 aromatic carbocycles. The van der Waals surface area contributed by atoms with Crippen molar-refractivity contribution in [1.29, 1.82) is 0 Å². The molecule has 94 valence electrons. The molecule has 8 heteroatoms. The van der Waals surface area contributed by atoms with E-state index in [1.54, 1.807) is 25.1 Å². The van der Waals surface area contributed by atoms with Gasteiger partial charge in [-0.2, -0.15) is 5.10 Å². The van der Waals surface area contributed by atoms with Gasteiger partial charge in [0.05, 0.1) is 16.3 Å². The van der Waals surface area contributed by atoms with Gasteiger partial charge in [0.2, 0.25) is 0 Å². The highest BCUT2D eigenvalue weighted by molar-refractivity contribution is 6.38. The lowest BCUT2D eigenvalue weighted by Crippen LogP contribution is -2.13. The van der Waals surface area contributed by atoms with Crippen LogP contribution in [0.2, 0.25) is 10.0 Å². The van der Waals surface area contributed by atoms with Crippen molar-refractivity contribution in [3.05, 3.63) is 39.6 Å². The molecule has 0 bridgehead atoms. The van der Waals surface area contributed by atoms with E-state index >= 15 is 0 Å². The molecule has 0 aliphatic heterocycles. The number of aryl methyl sites for hydroxylation is 1. The first-order valence-electron chi connectivity index (χ1n) is 5.00. The number of nitrogen functional groups attached to an aromatic ring is 1. The summed E-state index contributed by atoms with van der Waals surface area (Å²) in [7, 11) is 0. The molecule has 0 aliphatic carbocycles. The second-order valence-electron chi connectivity index (χ2n) is 3.45. The Morgan fingerprint density at radius 3 is 2.56 bits per heavy atom. The van der Waals surface area contributed by atoms with Crippen molar-refractivity contribution in [3.63, 3.8) is 0 Å². The Kier molecular flexibility index (Phi) is 3.69. The fraction of sp³-hybridized carbons (Fsp3) is 0.100. The highest BCUT2D eigenvalue weighted by Crippen LogP contribution is 2.22. The number of rotatable bonds is 3. The zero-order valence-electron chi connectivity index (χ0n) is 9.43. The van der Waals surface area contributed by atoms with Crippen molar-refractivity contribution in [3.8, 4) is 0 Å². The molecule has 1 heterocycles. The summed E-state index contributed by atoms with van der Waals surface area (Å²) in [5.74, 6) is 6.54. The standard InChI is InChI=1S/C10H10Cl2N6/c1-6-15-17-10(18(6)13)16-14-5-7-8(11)3-2-4-9(7)12/h2-5H,13H2,1H3,(H,16,17)/b14-5-. The fourth-order valence-electron chi connectivity index (χ4n) is 1.23. The summed E-state index contributed by atoms with van der Waals surface area (Å²) < 4.78 is 1.28. The van der Waals surface area contributed by atoms with Crippen LogP contribution < -0.4 is 11.3 Å². The molecule has 0 saturated heterocycles. The molecule has 0 radical (unpaired) electrons. The Balaban J connectivity index is 2.15. The van der Waals surface area contributed by atoms with Crippen molar-refractivity contribution < 1.29 is 0 Å². The van der Waals surface area contributed by atoms with Crippen LogP contribution in [0.3, 0.4) is 0 Å². The molecule has 0 saturated carbocycles. The molecule has 1 aromatic heterocycles. The van der Waals surface area contributed by atoms with E-state index < -0.39 is 0 Å². The van der Waals surface area contributed by atoms with E-state index in [-0.39, 0.29) is 0 Å². The SMILES string of the molecule is Cc1nnc(N/N=C\c2c(Cl)cccc2Cl)n1N. The average Bonchev–Trinajstić information content (AvgIpc) is 2.65. The highest BCUT2D eigenvalue weighted by Gasteiger charge is 2.04. The molecule has 2 rings (SSSR count). The van der Waals surface area contributed by atoms with Gasteiger partial charge in [0.1, 0.15) is 0 Å². The monoisotopic (exact) mass is 284 g/mol. The second-order valence-corrected chi connectivity index (χ2v) is 4.26. The Hall–Kier alpha value is -1.79. The van der Waals surface area contributed by atoms with Crippen LogP contribution in [0.4, 0.5) is 5.95 Å². The fourth-order valence-corrected chi connectivity index (χ4v) is 1.73. The van der Waals surface area contributed by atoms with Gasteiger partial charge in [-0.1, -0.05) is 29.3 Å². The topological polar surface area (TPSA) is 81.1 Å². The van der Waals surface area contributed by atoms with Crippen LogP contribution in [0.15, 0.2) is 23.3 Å². The van der Waals surface area contributed by atoms with E-state index in [0.29, 0.717) is 27.4 Å². The molecule has 0 fully saturated rings. The summed E-state index contributed by atoms with van der Waals surface area (Å²) in [5, 5.41) is 12.6. The Bertz CT molecular complexity index is 572. The van der Waals surface area contributed by atoms with Crippen LogP contribution in [0.1, 0.15) is 11.4 Å². The number of nitrogens with zero attached hydrogens (tertiary/aromatic N) is 4. The minimum absolute atomic E-state index is 0.326. The summed E-state index contributed by atoms with van der Waals surface area (Å²) in [6.45, 7) is 1.73. The molecule has 0 spiro atoms. The number of anilines is 1. The van der Waals surface area contributed by atoms with E-state index in [0.717, 1.165) is 0 Å². The van der Waals surface area contributed by atoms with Gasteiger partial charge < -0.3 is 5.84 Å². The first-order valence-corrected chi connectivity index (χ1v) is 5.75. The van der Waals surface area contributed by atoms with Crippen LogP contribution in [-0.2, 0) is 0 Å². The van der Waals surface area contributed by atoms with Crippen LogP contribution >= 0.6 is 23.2 Å². The summed E-state index contributed by atoms with van der Waals surface area (Å²) in [4.78, 5) is 0. The van der Waals surface area contributed by atoms with Gasteiger partial charge in [-0.05, 0) is 19.1 Å².